The summed E-state index contributed by atoms with van der Waals surface area (Å²) in [5, 5.41) is 0. The molecule has 0 aliphatic carbocycles. The van der Waals surface area contributed by atoms with Crippen LogP contribution >= 0.6 is 0 Å². The number of aryl methyl sites for hydroxylation is 2. The lowest BCUT2D eigenvalue weighted by Crippen LogP contribution is -2.10. The van der Waals surface area contributed by atoms with Crippen LogP contribution in [-0.2, 0) is 22.4 Å². The van der Waals surface area contributed by atoms with Gasteiger partial charge in [-0.2, -0.15) is 0 Å². The number of benzene rings is 2. The lowest BCUT2D eigenvalue weighted by molar-refractivity contribution is -0.131. The van der Waals surface area contributed by atoms with Crippen LogP contribution in [0.2, 0.25) is 0 Å². The SMILES string of the molecule is CCCc1ccccc1OC(=O)/C=C/C(=O)Oc1ccccc1CCC. The summed E-state index contributed by atoms with van der Waals surface area (Å²) in [6, 6.07) is 14.8. The maximum atomic E-state index is 12.0. The topological polar surface area (TPSA) is 52.6 Å². The third-order valence-corrected chi connectivity index (χ3v) is 3.76. The molecule has 0 spiro atoms. The minimum atomic E-state index is -0.604. The molecular formula is C22H24O4. The molecule has 0 saturated heterocycles. The quantitative estimate of drug-likeness (QED) is 0.394. The van der Waals surface area contributed by atoms with E-state index < -0.39 is 11.9 Å². The summed E-state index contributed by atoms with van der Waals surface area (Å²) in [5.41, 5.74) is 1.93. The zero-order valence-corrected chi connectivity index (χ0v) is 15.2. The predicted molar refractivity (Wildman–Crippen MR) is 101 cm³/mol. The number of hydrogen-bond acceptors (Lipinski definition) is 4. The van der Waals surface area contributed by atoms with Crippen LogP contribution in [-0.4, -0.2) is 11.9 Å². The molecule has 4 nitrogen and oxygen atoms in total. The molecule has 0 atom stereocenters. The lowest BCUT2D eigenvalue weighted by Gasteiger charge is -2.08. The van der Waals surface area contributed by atoms with Gasteiger partial charge in [0.2, 0.25) is 0 Å². The molecule has 0 unspecified atom stereocenters. The van der Waals surface area contributed by atoms with Crippen molar-refractivity contribution in [3.8, 4) is 11.5 Å². The minimum absolute atomic E-state index is 0.519. The van der Waals surface area contributed by atoms with Gasteiger partial charge in [-0.15, -0.1) is 0 Å². The minimum Gasteiger partial charge on any atom is -0.423 e. The molecule has 0 heterocycles. The third-order valence-electron chi connectivity index (χ3n) is 3.76. The smallest absolute Gasteiger partial charge is 0.336 e. The van der Waals surface area contributed by atoms with E-state index in [0.717, 1.165) is 49.0 Å². The number of carbonyl (C=O) groups excluding carboxylic acids is 2. The second-order valence-electron chi connectivity index (χ2n) is 5.89. The Morgan fingerprint density at radius 1 is 0.731 bits per heavy atom. The summed E-state index contributed by atoms with van der Waals surface area (Å²) in [5.74, 6) is -0.170. The summed E-state index contributed by atoms with van der Waals surface area (Å²) in [6.45, 7) is 4.12. The Kier molecular flexibility index (Phi) is 7.62. The van der Waals surface area contributed by atoms with E-state index in [1.165, 1.54) is 0 Å². The van der Waals surface area contributed by atoms with Gasteiger partial charge >= 0.3 is 11.9 Å². The van der Waals surface area contributed by atoms with Gasteiger partial charge in [-0.3, -0.25) is 0 Å². The van der Waals surface area contributed by atoms with E-state index >= 15 is 0 Å². The summed E-state index contributed by atoms with van der Waals surface area (Å²) >= 11 is 0. The molecule has 2 aromatic carbocycles. The lowest BCUT2D eigenvalue weighted by atomic mass is 10.1. The van der Waals surface area contributed by atoms with Gasteiger partial charge in [-0.05, 0) is 36.1 Å². The Morgan fingerprint density at radius 2 is 1.12 bits per heavy atom. The van der Waals surface area contributed by atoms with Crippen molar-refractivity contribution in [2.45, 2.75) is 39.5 Å². The molecule has 0 radical (unpaired) electrons. The second-order valence-corrected chi connectivity index (χ2v) is 5.89. The zero-order valence-electron chi connectivity index (χ0n) is 15.2. The highest BCUT2D eigenvalue weighted by Crippen LogP contribution is 2.21. The Bertz CT molecular complexity index is 712. The molecule has 2 rings (SSSR count). The van der Waals surface area contributed by atoms with E-state index in [-0.39, 0.29) is 0 Å². The summed E-state index contributed by atoms with van der Waals surface area (Å²) in [7, 11) is 0. The van der Waals surface area contributed by atoms with Crippen LogP contribution in [0.1, 0.15) is 37.8 Å². The summed E-state index contributed by atoms with van der Waals surface area (Å²) in [4.78, 5) is 24.0. The first kappa shape index (κ1) is 19.4. The first-order valence-corrected chi connectivity index (χ1v) is 8.91. The van der Waals surface area contributed by atoms with E-state index in [1.807, 2.05) is 36.4 Å². The van der Waals surface area contributed by atoms with E-state index in [4.69, 9.17) is 9.47 Å². The normalized spacial score (nSPS) is 10.7. The third kappa shape index (κ3) is 5.88. The first-order valence-electron chi connectivity index (χ1n) is 8.91. The Morgan fingerprint density at radius 3 is 1.50 bits per heavy atom. The fourth-order valence-electron chi connectivity index (χ4n) is 2.58. The maximum absolute atomic E-state index is 12.0. The Labute approximate surface area is 154 Å². The highest BCUT2D eigenvalue weighted by Gasteiger charge is 2.09. The van der Waals surface area contributed by atoms with Gasteiger partial charge in [-0.25, -0.2) is 9.59 Å². The van der Waals surface area contributed by atoms with E-state index in [0.29, 0.717) is 11.5 Å². The summed E-state index contributed by atoms with van der Waals surface area (Å²) in [6.07, 6.45) is 5.73. The number of carbonyl (C=O) groups is 2. The molecule has 0 N–H and O–H groups in total. The number of hydrogen-bond donors (Lipinski definition) is 0. The van der Waals surface area contributed by atoms with Gasteiger partial charge in [-0.1, -0.05) is 63.1 Å². The zero-order chi connectivity index (χ0) is 18.8. The first-order chi connectivity index (χ1) is 12.6. The number of esters is 2. The van der Waals surface area contributed by atoms with Crippen molar-refractivity contribution in [2.75, 3.05) is 0 Å². The molecule has 0 bridgehead atoms. The monoisotopic (exact) mass is 352 g/mol. The molecule has 2 aromatic rings. The predicted octanol–water partition coefficient (Wildman–Crippen LogP) is 4.66. The standard InChI is InChI=1S/C22H24O4/c1-3-9-17-11-5-7-13-19(17)25-21(23)15-16-22(24)26-20-14-8-6-12-18(20)10-4-2/h5-8,11-16H,3-4,9-10H2,1-2H3/b16-15+. The van der Waals surface area contributed by atoms with Crippen molar-refractivity contribution in [1.29, 1.82) is 0 Å². The number of rotatable bonds is 8. The van der Waals surface area contributed by atoms with Gasteiger partial charge in [0.1, 0.15) is 11.5 Å². The van der Waals surface area contributed by atoms with Crippen LogP contribution in [0.3, 0.4) is 0 Å². The molecule has 4 heteroatoms. The fraction of sp³-hybridized carbons (Fsp3) is 0.273. The fourth-order valence-corrected chi connectivity index (χ4v) is 2.58. The number of ether oxygens (including phenoxy) is 2. The molecular weight excluding hydrogens is 328 g/mol. The largest absolute Gasteiger partial charge is 0.423 e. The van der Waals surface area contributed by atoms with Gasteiger partial charge < -0.3 is 9.47 Å². The van der Waals surface area contributed by atoms with Gasteiger partial charge in [0, 0.05) is 12.2 Å². The second kappa shape index (κ2) is 10.2. The van der Waals surface area contributed by atoms with Gasteiger partial charge in [0.25, 0.3) is 0 Å². The van der Waals surface area contributed by atoms with Crippen molar-refractivity contribution in [3.05, 3.63) is 71.8 Å². The maximum Gasteiger partial charge on any atom is 0.336 e. The molecule has 0 saturated carbocycles. The van der Waals surface area contributed by atoms with Crippen molar-refractivity contribution >= 4 is 11.9 Å². The van der Waals surface area contributed by atoms with Crippen molar-refractivity contribution in [3.63, 3.8) is 0 Å². The molecule has 26 heavy (non-hydrogen) atoms. The van der Waals surface area contributed by atoms with Crippen LogP contribution in [0, 0.1) is 0 Å². The van der Waals surface area contributed by atoms with Crippen LogP contribution in [0.25, 0.3) is 0 Å². The molecule has 0 aliphatic rings. The molecule has 0 aromatic heterocycles. The summed E-state index contributed by atoms with van der Waals surface area (Å²) < 4.78 is 10.7. The average molecular weight is 352 g/mol. The van der Waals surface area contributed by atoms with E-state index in [2.05, 4.69) is 13.8 Å². The van der Waals surface area contributed by atoms with Gasteiger partial charge in [0.05, 0.1) is 0 Å². The highest BCUT2D eigenvalue weighted by atomic mass is 16.5. The van der Waals surface area contributed by atoms with Crippen LogP contribution < -0.4 is 9.47 Å². The Hall–Kier alpha value is -2.88. The highest BCUT2D eigenvalue weighted by molar-refractivity contribution is 5.93. The van der Waals surface area contributed by atoms with Crippen LogP contribution in [0.15, 0.2) is 60.7 Å². The molecule has 0 aliphatic heterocycles. The van der Waals surface area contributed by atoms with Crippen LogP contribution in [0.5, 0.6) is 11.5 Å². The van der Waals surface area contributed by atoms with Crippen molar-refractivity contribution < 1.29 is 19.1 Å². The molecule has 0 fully saturated rings. The van der Waals surface area contributed by atoms with Crippen molar-refractivity contribution in [2.24, 2.45) is 0 Å². The van der Waals surface area contributed by atoms with Crippen molar-refractivity contribution in [1.82, 2.24) is 0 Å². The Balaban J connectivity index is 1.97. The van der Waals surface area contributed by atoms with Crippen LogP contribution in [0.4, 0.5) is 0 Å². The molecule has 0 amide bonds. The number of para-hydroxylation sites is 2. The average Bonchev–Trinajstić information content (AvgIpc) is 2.64. The molecule has 136 valence electrons. The van der Waals surface area contributed by atoms with E-state index in [1.54, 1.807) is 12.1 Å². The van der Waals surface area contributed by atoms with E-state index in [9.17, 15) is 9.59 Å². The van der Waals surface area contributed by atoms with Gasteiger partial charge in [0.15, 0.2) is 0 Å².